The number of halogens is 2. The summed E-state index contributed by atoms with van der Waals surface area (Å²) in [7, 11) is 0. The Hall–Kier alpha value is -0.870. The number of nitrogens with zero attached hydrogens (tertiary/aromatic N) is 1. The smallest absolute Gasteiger partial charge is 0.250 e. The third kappa shape index (κ3) is 4.88. The molecule has 1 rings (SSSR count). The van der Waals surface area contributed by atoms with E-state index >= 15 is 0 Å². The average molecular weight is 262 g/mol. The molecule has 0 saturated carbocycles. The topological polar surface area (TPSA) is 31.4 Å². The highest BCUT2D eigenvalue weighted by molar-refractivity contribution is 6.17. The van der Waals surface area contributed by atoms with E-state index in [0.29, 0.717) is 12.2 Å². The largest absolute Gasteiger partial charge is 0.473 e. The normalized spacial score (nSPS) is 11.6. The molecule has 5 heteroatoms. The molecule has 0 atom stereocenters. The fourth-order valence-corrected chi connectivity index (χ4v) is 1.36. The zero-order valence-electron chi connectivity index (χ0n) is 10.3. The van der Waals surface area contributed by atoms with Crippen molar-refractivity contribution < 1.29 is 13.9 Å². The van der Waals surface area contributed by atoms with E-state index in [4.69, 9.17) is 21.1 Å². The molecule has 0 saturated heterocycles. The van der Waals surface area contributed by atoms with Gasteiger partial charge < -0.3 is 9.47 Å². The molecule has 0 amide bonds. The Bertz CT molecular complexity index is 366. The highest BCUT2D eigenvalue weighted by Crippen LogP contribution is 2.18. The molecule has 0 aliphatic rings. The maximum atomic E-state index is 13.6. The fraction of sp³-hybridized carbons (Fsp3) is 0.583. The van der Waals surface area contributed by atoms with Crippen LogP contribution in [0.2, 0.25) is 0 Å². The van der Waals surface area contributed by atoms with Crippen LogP contribution in [0.3, 0.4) is 0 Å². The van der Waals surface area contributed by atoms with Gasteiger partial charge in [0.1, 0.15) is 6.61 Å². The lowest BCUT2D eigenvalue weighted by molar-refractivity contribution is -0.0172. The first-order valence-electron chi connectivity index (χ1n) is 5.40. The van der Waals surface area contributed by atoms with Crippen LogP contribution in [-0.2, 0) is 10.6 Å². The summed E-state index contributed by atoms with van der Waals surface area (Å²) in [6.45, 7) is 6.47. The summed E-state index contributed by atoms with van der Waals surface area (Å²) >= 11 is 5.58. The minimum Gasteiger partial charge on any atom is -0.473 e. The Morgan fingerprint density at radius 3 is 2.65 bits per heavy atom. The Kier molecular flexibility index (Phi) is 5.15. The quantitative estimate of drug-likeness (QED) is 0.603. The lowest BCUT2D eigenvalue weighted by Gasteiger charge is -2.19. The molecule has 0 unspecified atom stereocenters. The highest BCUT2D eigenvalue weighted by Gasteiger charge is 2.12. The zero-order chi connectivity index (χ0) is 12.9. The second-order valence-electron chi connectivity index (χ2n) is 4.53. The molecule has 1 heterocycles. The minimum absolute atomic E-state index is 0.0272. The molecule has 3 nitrogen and oxygen atoms in total. The molecule has 0 spiro atoms. The maximum Gasteiger partial charge on any atom is 0.250 e. The van der Waals surface area contributed by atoms with Crippen LogP contribution < -0.4 is 4.74 Å². The van der Waals surface area contributed by atoms with Crippen molar-refractivity contribution in [3.63, 3.8) is 0 Å². The van der Waals surface area contributed by atoms with Crippen LogP contribution in [0, 0.1) is 5.82 Å². The predicted octanol–water partition coefficient (Wildman–Crippen LogP) is 3.15. The van der Waals surface area contributed by atoms with Crippen molar-refractivity contribution in [3.05, 3.63) is 23.6 Å². The van der Waals surface area contributed by atoms with E-state index < -0.39 is 5.82 Å². The summed E-state index contributed by atoms with van der Waals surface area (Å²) in [5.74, 6) is -0.428. The monoisotopic (exact) mass is 261 g/mol. The standard InChI is InChI=1S/C12H17ClFNO2/c1-12(2,3)17-7-6-16-11-10(14)9(8-13)4-5-15-11/h4-5H,6-8H2,1-3H3. The van der Waals surface area contributed by atoms with Gasteiger partial charge in [-0.1, -0.05) is 0 Å². The zero-order valence-corrected chi connectivity index (χ0v) is 11.1. The summed E-state index contributed by atoms with van der Waals surface area (Å²) in [6.07, 6.45) is 1.47. The summed E-state index contributed by atoms with van der Waals surface area (Å²) < 4.78 is 24.3. The van der Waals surface area contributed by atoms with Gasteiger partial charge >= 0.3 is 0 Å². The van der Waals surface area contributed by atoms with Gasteiger partial charge in [-0.15, -0.1) is 11.6 Å². The molecule has 1 aromatic rings. The van der Waals surface area contributed by atoms with Gasteiger partial charge in [-0.25, -0.2) is 9.37 Å². The van der Waals surface area contributed by atoms with E-state index in [1.54, 1.807) is 0 Å². The molecule has 0 aromatic carbocycles. The van der Waals surface area contributed by atoms with Gasteiger partial charge in [0.25, 0.3) is 5.88 Å². The fourth-order valence-electron chi connectivity index (χ4n) is 1.15. The highest BCUT2D eigenvalue weighted by atomic mass is 35.5. The maximum absolute atomic E-state index is 13.6. The van der Waals surface area contributed by atoms with Gasteiger partial charge in [0.2, 0.25) is 0 Å². The lowest BCUT2D eigenvalue weighted by atomic mass is 10.2. The first-order chi connectivity index (χ1) is 7.94. The van der Waals surface area contributed by atoms with Crippen molar-refractivity contribution in [3.8, 4) is 5.88 Å². The van der Waals surface area contributed by atoms with Gasteiger partial charge in [0.05, 0.1) is 18.1 Å². The van der Waals surface area contributed by atoms with Crippen molar-refractivity contribution in [2.45, 2.75) is 32.3 Å². The molecule has 0 radical (unpaired) electrons. The summed E-state index contributed by atoms with van der Waals surface area (Å²) in [5.41, 5.74) is 0.154. The molecule has 0 fully saturated rings. The van der Waals surface area contributed by atoms with E-state index in [1.165, 1.54) is 12.3 Å². The number of alkyl halides is 1. The Morgan fingerprint density at radius 2 is 2.06 bits per heavy atom. The minimum atomic E-state index is -0.502. The number of hydrogen-bond acceptors (Lipinski definition) is 3. The van der Waals surface area contributed by atoms with E-state index in [2.05, 4.69) is 4.98 Å². The Morgan fingerprint density at radius 1 is 1.35 bits per heavy atom. The molecule has 96 valence electrons. The van der Waals surface area contributed by atoms with Crippen LogP contribution >= 0.6 is 11.6 Å². The van der Waals surface area contributed by atoms with Crippen molar-refractivity contribution in [2.24, 2.45) is 0 Å². The van der Waals surface area contributed by atoms with Crippen LogP contribution in [-0.4, -0.2) is 23.8 Å². The van der Waals surface area contributed by atoms with Crippen LogP contribution in [0.1, 0.15) is 26.3 Å². The molecule has 0 aliphatic carbocycles. The van der Waals surface area contributed by atoms with E-state index in [0.717, 1.165) is 0 Å². The summed E-state index contributed by atoms with van der Waals surface area (Å²) in [5, 5.41) is 0. The lowest BCUT2D eigenvalue weighted by Crippen LogP contribution is -2.22. The van der Waals surface area contributed by atoms with Crippen molar-refractivity contribution in [1.29, 1.82) is 0 Å². The van der Waals surface area contributed by atoms with Crippen LogP contribution in [0.25, 0.3) is 0 Å². The number of hydrogen-bond donors (Lipinski definition) is 0. The van der Waals surface area contributed by atoms with Gasteiger partial charge in [0.15, 0.2) is 5.82 Å². The Labute approximate surface area is 106 Å². The molecule has 1 aromatic heterocycles. The molecule has 0 N–H and O–H groups in total. The first-order valence-corrected chi connectivity index (χ1v) is 5.93. The van der Waals surface area contributed by atoms with Crippen molar-refractivity contribution >= 4 is 11.6 Å². The number of aromatic nitrogens is 1. The van der Waals surface area contributed by atoms with E-state index in [-0.39, 0.29) is 24.0 Å². The molecular weight excluding hydrogens is 245 g/mol. The second-order valence-corrected chi connectivity index (χ2v) is 4.80. The van der Waals surface area contributed by atoms with E-state index in [1.807, 2.05) is 20.8 Å². The first kappa shape index (κ1) is 14.2. The number of pyridine rings is 1. The van der Waals surface area contributed by atoms with Crippen LogP contribution in [0.15, 0.2) is 12.3 Å². The van der Waals surface area contributed by atoms with Crippen molar-refractivity contribution in [1.82, 2.24) is 4.98 Å². The van der Waals surface area contributed by atoms with Gasteiger partial charge in [-0.3, -0.25) is 0 Å². The van der Waals surface area contributed by atoms with Gasteiger partial charge in [-0.05, 0) is 26.8 Å². The molecule has 0 bridgehead atoms. The average Bonchev–Trinajstić information content (AvgIpc) is 2.25. The van der Waals surface area contributed by atoms with Crippen LogP contribution in [0.5, 0.6) is 5.88 Å². The summed E-state index contributed by atoms with van der Waals surface area (Å²) in [4.78, 5) is 3.81. The number of rotatable bonds is 5. The van der Waals surface area contributed by atoms with E-state index in [9.17, 15) is 4.39 Å². The predicted molar refractivity (Wildman–Crippen MR) is 65.0 cm³/mol. The molecular formula is C12H17ClFNO2. The Balaban J connectivity index is 2.47. The molecule has 0 aliphatic heterocycles. The SMILES string of the molecule is CC(C)(C)OCCOc1nccc(CCl)c1F. The summed E-state index contributed by atoms with van der Waals surface area (Å²) in [6, 6.07) is 1.53. The third-order valence-electron chi connectivity index (χ3n) is 1.94. The third-order valence-corrected chi connectivity index (χ3v) is 2.23. The van der Waals surface area contributed by atoms with Crippen LogP contribution in [0.4, 0.5) is 4.39 Å². The van der Waals surface area contributed by atoms with Gasteiger partial charge in [-0.2, -0.15) is 0 Å². The van der Waals surface area contributed by atoms with Gasteiger partial charge in [0, 0.05) is 11.8 Å². The molecule has 17 heavy (non-hydrogen) atoms. The van der Waals surface area contributed by atoms with Crippen molar-refractivity contribution in [2.75, 3.05) is 13.2 Å². The second kappa shape index (κ2) is 6.17. The number of ether oxygens (including phenoxy) is 2.